The number of rotatable bonds is 6. The van der Waals surface area contributed by atoms with E-state index in [-0.39, 0.29) is 18.4 Å². The van der Waals surface area contributed by atoms with Gasteiger partial charge < -0.3 is 9.73 Å². The molecule has 0 aliphatic carbocycles. The van der Waals surface area contributed by atoms with E-state index in [4.69, 9.17) is 27.6 Å². The van der Waals surface area contributed by atoms with Gasteiger partial charge in [0, 0.05) is 16.6 Å². The molecule has 2 rings (SSSR count). The number of likely N-dealkylation sites (N-methyl/N-ethyl adjacent to an activating group) is 1. The maximum Gasteiger partial charge on any atom is 0.224 e. The molecule has 118 valence electrons. The molecule has 1 aromatic heterocycles. The number of benzene rings is 1. The van der Waals surface area contributed by atoms with Crippen molar-refractivity contribution in [3.05, 3.63) is 58.0 Å². The maximum absolute atomic E-state index is 12.1. The minimum Gasteiger partial charge on any atom is -0.468 e. The molecule has 1 heterocycles. The second-order valence-corrected chi connectivity index (χ2v) is 5.99. The van der Waals surface area contributed by atoms with Crippen molar-refractivity contribution in [3.8, 4) is 0 Å². The van der Waals surface area contributed by atoms with Gasteiger partial charge in [0.25, 0.3) is 0 Å². The highest BCUT2D eigenvalue weighted by atomic mass is 35.5. The molecule has 1 atom stereocenters. The van der Waals surface area contributed by atoms with Crippen LogP contribution in [-0.4, -0.2) is 31.4 Å². The van der Waals surface area contributed by atoms with Crippen molar-refractivity contribution in [3.63, 3.8) is 0 Å². The van der Waals surface area contributed by atoms with Crippen LogP contribution in [0, 0.1) is 0 Å². The molecule has 0 spiro atoms. The zero-order valence-corrected chi connectivity index (χ0v) is 14.0. The summed E-state index contributed by atoms with van der Waals surface area (Å²) in [6.45, 7) is 0.446. The van der Waals surface area contributed by atoms with E-state index < -0.39 is 0 Å². The van der Waals surface area contributed by atoms with Crippen LogP contribution in [0.15, 0.2) is 41.0 Å². The molecule has 1 N–H and O–H groups in total. The maximum atomic E-state index is 12.1. The molecule has 0 bridgehead atoms. The Kier molecular flexibility index (Phi) is 5.89. The largest absolute Gasteiger partial charge is 0.468 e. The number of carbonyl (C=O) groups excluding carboxylic acids is 1. The Bertz CT molecular complexity index is 607. The van der Waals surface area contributed by atoms with Crippen LogP contribution in [0.2, 0.25) is 10.0 Å². The number of nitrogens with zero attached hydrogens (tertiary/aromatic N) is 1. The molecule has 1 unspecified atom stereocenters. The Morgan fingerprint density at radius 2 is 1.91 bits per heavy atom. The molecule has 1 aromatic carbocycles. The summed E-state index contributed by atoms with van der Waals surface area (Å²) in [6, 6.07) is 8.90. The minimum absolute atomic E-state index is 0.0272. The van der Waals surface area contributed by atoms with Gasteiger partial charge in [0.1, 0.15) is 5.76 Å². The topological polar surface area (TPSA) is 45.5 Å². The predicted molar refractivity (Wildman–Crippen MR) is 88.3 cm³/mol. The summed E-state index contributed by atoms with van der Waals surface area (Å²) < 4.78 is 5.41. The third-order valence-corrected chi connectivity index (χ3v) is 4.09. The molecule has 0 aliphatic heterocycles. The molecule has 0 saturated carbocycles. The summed E-state index contributed by atoms with van der Waals surface area (Å²) in [6.07, 6.45) is 1.77. The average Bonchev–Trinajstić information content (AvgIpc) is 2.97. The van der Waals surface area contributed by atoms with Gasteiger partial charge in [0.05, 0.1) is 18.7 Å². The van der Waals surface area contributed by atoms with Crippen molar-refractivity contribution < 1.29 is 9.21 Å². The molecule has 1 amide bonds. The zero-order valence-electron chi connectivity index (χ0n) is 12.5. The van der Waals surface area contributed by atoms with E-state index in [1.165, 1.54) is 0 Å². The SMILES string of the molecule is CN(C)C(CNC(=O)Cc1c(Cl)cccc1Cl)c1ccco1. The van der Waals surface area contributed by atoms with Crippen molar-refractivity contribution in [2.75, 3.05) is 20.6 Å². The molecule has 0 radical (unpaired) electrons. The van der Waals surface area contributed by atoms with Crippen LogP contribution in [0.3, 0.4) is 0 Å². The van der Waals surface area contributed by atoms with Gasteiger partial charge >= 0.3 is 0 Å². The fourth-order valence-corrected chi connectivity index (χ4v) is 2.68. The molecule has 2 aromatic rings. The Morgan fingerprint density at radius 3 is 2.45 bits per heavy atom. The first-order valence-electron chi connectivity index (χ1n) is 6.88. The van der Waals surface area contributed by atoms with Gasteiger partial charge in [-0.3, -0.25) is 9.69 Å². The second-order valence-electron chi connectivity index (χ2n) is 5.18. The van der Waals surface area contributed by atoms with E-state index in [1.807, 2.05) is 31.1 Å². The number of amides is 1. The van der Waals surface area contributed by atoms with Crippen molar-refractivity contribution in [1.82, 2.24) is 10.2 Å². The normalized spacial score (nSPS) is 12.4. The number of carbonyl (C=O) groups is 1. The Morgan fingerprint density at radius 1 is 1.23 bits per heavy atom. The summed E-state index contributed by atoms with van der Waals surface area (Å²) in [7, 11) is 3.87. The van der Waals surface area contributed by atoms with E-state index in [2.05, 4.69) is 5.32 Å². The lowest BCUT2D eigenvalue weighted by Gasteiger charge is -2.22. The molecule has 6 heteroatoms. The lowest BCUT2D eigenvalue weighted by Crippen LogP contribution is -2.35. The lowest BCUT2D eigenvalue weighted by molar-refractivity contribution is -0.120. The van der Waals surface area contributed by atoms with Gasteiger partial charge in [0.15, 0.2) is 0 Å². The highest BCUT2D eigenvalue weighted by Gasteiger charge is 2.18. The van der Waals surface area contributed by atoms with Crippen molar-refractivity contribution in [2.24, 2.45) is 0 Å². The van der Waals surface area contributed by atoms with Gasteiger partial charge in [-0.05, 0) is 43.9 Å². The number of hydrogen-bond donors (Lipinski definition) is 1. The van der Waals surface area contributed by atoms with E-state index in [0.717, 1.165) is 5.76 Å². The molecular formula is C16H18Cl2N2O2. The van der Waals surface area contributed by atoms with Crippen LogP contribution in [-0.2, 0) is 11.2 Å². The van der Waals surface area contributed by atoms with E-state index >= 15 is 0 Å². The van der Waals surface area contributed by atoms with Gasteiger partial charge in [-0.25, -0.2) is 0 Å². The highest BCUT2D eigenvalue weighted by molar-refractivity contribution is 6.36. The zero-order chi connectivity index (χ0) is 16.1. The Labute approximate surface area is 140 Å². The Hall–Kier alpha value is -1.49. The van der Waals surface area contributed by atoms with E-state index in [9.17, 15) is 4.79 Å². The van der Waals surface area contributed by atoms with Crippen LogP contribution in [0.4, 0.5) is 0 Å². The monoisotopic (exact) mass is 340 g/mol. The molecule has 0 saturated heterocycles. The van der Waals surface area contributed by atoms with Crippen LogP contribution in [0.1, 0.15) is 17.4 Å². The second kappa shape index (κ2) is 7.68. The molecule has 4 nitrogen and oxygen atoms in total. The lowest BCUT2D eigenvalue weighted by atomic mass is 10.1. The third-order valence-electron chi connectivity index (χ3n) is 3.39. The van der Waals surface area contributed by atoms with Crippen molar-refractivity contribution >= 4 is 29.1 Å². The van der Waals surface area contributed by atoms with Gasteiger partial charge in [-0.1, -0.05) is 29.3 Å². The number of furan rings is 1. The molecule has 0 aliphatic rings. The van der Waals surface area contributed by atoms with Crippen LogP contribution in [0.25, 0.3) is 0 Å². The summed E-state index contributed by atoms with van der Waals surface area (Å²) in [5, 5.41) is 3.89. The minimum atomic E-state index is -0.131. The van der Waals surface area contributed by atoms with Crippen LogP contribution < -0.4 is 5.32 Å². The summed E-state index contributed by atoms with van der Waals surface area (Å²) >= 11 is 12.2. The number of hydrogen-bond acceptors (Lipinski definition) is 3. The smallest absolute Gasteiger partial charge is 0.224 e. The number of halogens is 2. The molecular weight excluding hydrogens is 323 g/mol. The van der Waals surface area contributed by atoms with Gasteiger partial charge in [-0.15, -0.1) is 0 Å². The Balaban J connectivity index is 1.97. The summed E-state index contributed by atoms with van der Waals surface area (Å²) in [4.78, 5) is 14.1. The standard InChI is InChI=1S/C16H18Cl2N2O2/c1-20(2)14(15-7-4-8-22-15)10-19-16(21)9-11-12(17)5-3-6-13(11)18/h3-8,14H,9-10H2,1-2H3,(H,19,21). The average molecular weight is 341 g/mol. The first-order valence-corrected chi connectivity index (χ1v) is 7.64. The van der Waals surface area contributed by atoms with Crippen LogP contribution in [0.5, 0.6) is 0 Å². The molecule has 22 heavy (non-hydrogen) atoms. The first-order chi connectivity index (χ1) is 10.5. The highest BCUT2D eigenvalue weighted by Crippen LogP contribution is 2.24. The summed E-state index contributed by atoms with van der Waals surface area (Å²) in [5.41, 5.74) is 0.641. The summed E-state index contributed by atoms with van der Waals surface area (Å²) in [5.74, 6) is 0.675. The molecule has 0 fully saturated rings. The predicted octanol–water partition coefficient (Wildman–Crippen LogP) is 3.55. The third kappa shape index (κ3) is 4.26. The number of nitrogens with one attached hydrogen (secondary N) is 1. The van der Waals surface area contributed by atoms with Crippen LogP contribution >= 0.6 is 23.2 Å². The van der Waals surface area contributed by atoms with Gasteiger partial charge in [0.2, 0.25) is 5.91 Å². The first kappa shape index (κ1) is 16.9. The fraction of sp³-hybridized carbons (Fsp3) is 0.312. The van der Waals surface area contributed by atoms with E-state index in [1.54, 1.807) is 24.5 Å². The fourth-order valence-electron chi connectivity index (χ4n) is 2.15. The van der Waals surface area contributed by atoms with E-state index in [0.29, 0.717) is 22.2 Å². The van der Waals surface area contributed by atoms with Crippen molar-refractivity contribution in [1.29, 1.82) is 0 Å². The quantitative estimate of drug-likeness (QED) is 0.874. The van der Waals surface area contributed by atoms with Crippen molar-refractivity contribution in [2.45, 2.75) is 12.5 Å². The van der Waals surface area contributed by atoms with Gasteiger partial charge in [-0.2, -0.15) is 0 Å².